The number of carbonyl (C=O) groups is 1. The molecular formula is C20H24N8O. The van der Waals surface area contributed by atoms with Crippen molar-refractivity contribution < 1.29 is 4.79 Å². The fraction of sp³-hybridized carbons (Fsp3) is 0.500. The molecule has 0 saturated carbocycles. The number of piperidine rings is 1. The third kappa shape index (κ3) is 3.20. The van der Waals surface area contributed by atoms with Crippen molar-refractivity contribution in [2.24, 2.45) is 5.92 Å². The summed E-state index contributed by atoms with van der Waals surface area (Å²) in [4.78, 5) is 35.2. The van der Waals surface area contributed by atoms with Crippen LogP contribution < -0.4 is 4.90 Å². The largest absolute Gasteiger partial charge is 0.338 e. The normalized spacial score (nSPS) is 21.8. The molecule has 3 aliphatic heterocycles. The number of amides is 1. The molecule has 9 nitrogen and oxygen atoms in total. The summed E-state index contributed by atoms with van der Waals surface area (Å²) in [6.07, 6.45) is 7.12. The summed E-state index contributed by atoms with van der Waals surface area (Å²) < 4.78 is 1.71. The maximum Gasteiger partial charge on any atom is 0.272 e. The molecule has 3 aromatic rings. The SMILES string of the molecule is CC(C)c1cc(C(=O)N2C[C@H]3CC[C@@H]2CN(c2ncccn2)C3)nc2ncnn12. The van der Waals surface area contributed by atoms with Crippen molar-refractivity contribution in [3.63, 3.8) is 0 Å². The van der Waals surface area contributed by atoms with Gasteiger partial charge >= 0.3 is 0 Å². The van der Waals surface area contributed by atoms with Crippen LogP contribution in [0.4, 0.5) is 5.95 Å². The van der Waals surface area contributed by atoms with E-state index < -0.39 is 0 Å². The van der Waals surface area contributed by atoms with Crippen molar-refractivity contribution in [2.45, 2.75) is 38.6 Å². The zero-order valence-electron chi connectivity index (χ0n) is 16.6. The van der Waals surface area contributed by atoms with Crippen LogP contribution >= 0.6 is 0 Å². The smallest absolute Gasteiger partial charge is 0.272 e. The van der Waals surface area contributed by atoms with Crippen LogP contribution in [-0.4, -0.2) is 66.0 Å². The Kier molecular flexibility index (Phi) is 4.37. The summed E-state index contributed by atoms with van der Waals surface area (Å²) in [5.74, 6) is 1.80. The highest BCUT2D eigenvalue weighted by molar-refractivity contribution is 5.93. The molecule has 3 aromatic heterocycles. The lowest BCUT2D eigenvalue weighted by molar-refractivity contribution is 0.0586. The molecule has 1 amide bonds. The number of carbonyl (C=O) groups excluding carboxylic acids is 1. The van der Waals surface area contributed by atoms with Crippen molar-refractivity contribution in [3.05, 3.63) is 42.2 Å². The molecule has 0 aromatic carbocycles. The predicted octanol–water partition coefficient (Wildman–Crippen LogP) is 1.78. The third-order valence-corrected chi connectivity index (χ3v) is 5.90. The maximum absolute atomic E-state index is 13.5. The summed E-state index contributed by atoms with van der Waals surface area (Å²) in [6.45, 7) is 6.52. The number of anilines is 1. The summed E-state index contributed by atoms with van der Waals surface area (Å²) in [5.41, 5.74) is 1.39. The van der Waals surface area contributed by atoms with Crippen LogP contribution in [0.2, 0.25) is 0 Å². The van der Waals surface area contributed by atoms with E-state index in [1.165, 1.54) is 6.33 Å². The number of nitrogens with zero attached hydrogens (tertiary/aromatic N) is 8. The van der Waals surface area contributed by atoms with E-state index in [-0.39, 0.29) is 17.9 Å². The summed E-state index contributed by atoms with van der Waals surface area (Å²) in [7, 11) is 0. The van der Waals surface area contributed by atoms with Gasteiger partial charge in [-0.05, 0) is 36.8 Å². The van der Waals surface area contributed by atoms with Crippen LogP contribution in [0.15, 0.2) is 30.9 Å². The lowest BCUT2D eigenvalue weighted by Gasteiger charge is -2.35. The van der Waals surface area contributed by atoms with Gasteiger partial charge in [-0.15, -0.1) is 0 Å². The van der Waals surface area contributed by atoms with Crippen molar-refractivity contribution in [3.8, 4) is 0 Å². The molecule has 0 aliphatic carbocycles. The fourth-order valence-corrected chi connectivity index (χ4v) is 4.45. The molecule has 6 heterocycles. The van der Waals surface area contributed by atoms with Gasteiger partial charge in [0.15, 0.2) is 0 Å². The lowest BCUT2D eigenvalue weighted by Crippen LogP contribution is -2.47. The zero-order chi connectivity index (χ0) is 20.0. The minimum Gasteiger partial charge on any atom is -0.338 e. The monoisotopic (exact) mass is 392 g/mol. The summed E-state index contributed by atoms with van der Waals surface area (Å²) in [6, 6.07) is 3.82. The van der Waals surface area contributed by atoms with Crippen molar-refractivity contribution >= 4 is 17.6 Å². The van der Waals surface area contributed by atoms with Gasteiger partial charge in [0.2, 0.25) is 5.95 Å². The van der Waals surface area contributed by atoms with E-state index in [0.29, 0.717) is 17.4 Å². The average Bonchev–Trinajstić information content (AvgIpc) is 3.02. The van der Waals surface area contributed by atoms with Gasteiger partial charge in [0.25, 0.3) is 11.7 Å². The van der Waals surface area contributed by atoms with E-state index in [4.69, 9.17) is 0 Å². The number of aromatic nitrogens is 6. The number of fused-ring (bicyclic) bond motifs is 5. The summed E-state index contributed by atoms with van der Waals surface area (Å²) >= 11 is 0. The third-order valence-electron chi connectivity index (χ3n) is 5.90. The molecule has 6 rings (SSSR count). The fourth-order valence-electron chi connectivity index (χ4n) is 4.45. The minimum absolute atomic E-state index is 0.0251. The second-order valence-electron chi connectivity index (χ2n) is 8.20. The Bertz CT molecular complexity index is 1030. The minimum atomic E-state index is -0.0251. The van der Waals surface area contributed by atoms with Crippen molar-refractivity contribution in [2.75, 3.05) is 24.5 Å². The number of hydrogen-bond donors (Lipinski definition) is 0. The average molecular weight is 392 g/mol. The van der Waals surface area contributed by atoms with Gasteiger partial charge in [-0.25, -0.2) is 19.5 Å². The van der Waals surface area contributed by atoms with Crippen LogP contribution in [0.5, 0.6) is 0 Å². The van der Waals surface area contributed by atoms with Crippen molar-refractivity contribution in [1.29, 1.82) is 0 Å². The molecule has 29 heavy (non-hydrogen) atoms. The Morgan fingerprint density at radius 2 is 1.93 bits per heavy atom. The van der Waals surface area contributed by atoms with E-state index >= 15 is 0 Å². The molecule has 3 fully saturated rings. The maximum atomic E-state index is 13.5. The van der Waals surface area contributed by atoms with Crippen LogP contribution in [0.3, 0.4) is 0 Å². The van der Waals surface area contributed by atoms with Crippen LogP contribution in [0.25, 0.3) is 5.78 Å². The Labute approximate surface area is 168 Å². The molecule has 3 aliphatic rings. The Morgan fingerprint density at radius 1 is 1.10 bits per heavy atom. The first-order valence-corrected chi connectivity index (χ1v) is 10.1. The topological polar surface area (TPSA) is 92.4 Å². The van der Waals surface area contributed by atoms with E-state index in [0.717, 1.165) is 44.1 Å². The number of hydrogen-bond acceptors (Lipinski definition) is 7. The van der Waals surface area contributed by atoms with Gasteiger partial charge in [-0.1, -0.05) is 13.8 Å². The first-order valence-electron chi connectivity index (χ1n) is 10.1. The van der Waals surface area contributed by atoms with Gasteiger partial charge in [0.1, 0.15) is 12.0 Å². The Morgan fingerprint density at radius 3 is 2.72 bits per heavy atom. The Hall–Kier alpha value is -3.10. The molecule has 0 spiro atoms. The van der Waals surface area contributed by atoms with Gasteiger partial charge in [0.05, 0.1) is 5.69 Å². The van der Waals surface area contributed by atoms with Gasteiger partial charge in [-0.2, -0.15) is 10.1 Å². The van der Waals surface area contributed by atoms with Crippen LogP contribution in [0, 0.1) is 5.92 Å². The molecule has 9 heteroatoms. The molecule has 0 N–H and O–H groups in total. The highest BCUT2D eigenvalue weighted by Crippen LogP contribution is 2.30. The second-order valence-corrected chi connectivity index (χ2v) is 8.20. The van der Waals surface area contributed by atoms with E-state index in [1.807, 2.05) is 17.0 Å². The highest BCUT2D eigenvalue weighted by atomic mass is 16.2. The lowest BCUT2D eigenvalue weighted by atomic mass is 9.94. The van der Waals surface area contributed by atoms with Gasteiger partial charge < -0.3 is 9.80 Å². The zero-order valence-corrected chi connectivity index (χ0v) is 16.6. The van der Waals surface area contributed by atoms with E-state index in [2.05, 4.69) is 43.8 Å². The predicted molar refractivity (Wildman–Crippen MR) is 107 cm³/mol. The summed E-state index contributed by atoms with van der Waals surface area (Å²) in [5, 5.41) is 4.25. The van der Waals surface area contributed by atoms with E-state index in [1.54, 1.807) is 16.9 Å². The first-order chi connectivity index (χ1) is 14.1. The van der Waals surface area contributed by atoms with Gasteiger partial charge in [-0.3, -0.25) is 4.79 Å². The van der Waals surface area contributed by atoms with Crippen LogP contribution in [0.1, 0.15) is 48.8 Å². The highest BCUT2D eigenvalue weighted by Gasteiger charge is 2.38. The Balaban J connectivity index is 1.46. The first kappa shape index (κ1) is 18.0. The number of rotatable bonds is 3. The van der Waals surface area contributed by atoms with Crippen LogP contribution in [-0.2, 0) is 0 Å². The molecule has 3 saturated heterocycles. The molecule has 2 atom stereocenters. The van der Waals surface area contributed by atoms with E-state index in [9.17, 15) is 4.79 Å². The quantitative estimate of drug-likeness (QED) is 0.671. The molecule has 0 unspecified atom stereocenters. The molecular weight excluding hydrogens is 368 g/mol. The molecule has 0 radical (unpaired) electrons. The second kappa shape index (κ2) is 7.06. The molecule has 2 bridgehead atoms. The molecule has 150 valence electrons. The van der Waals surface area contributed by atoms with Gasteiger partial charge in [0, 0.05) is 38.1 Å². The standard InChI is InChI=1S/C20H24N8O/c1-13(2)17-8-16(25-20-23-12-24-28(17)20)18(29)27-10-14-4-5-15(27)11-26(9-14)19-21-6-3-7-22-19/h3,6-8,12-15H,4-5,9-11H2,1-2H3/t14-,15+/m0/s1. The van der Waals surface area contributed by atoms with Crippen molar-refractivity contribution in [1.82, 2.24) is 34.4 Å².